The third kappa shape index (κ3) is 2.17. The molecule has 0 amide bonds. The van der Waals surface area contributed by atoms with E-state index in [1.165, 1.54) is 0 Å². The molecule has 16 heavy (non-hydrogen) atoms. The predicted molar refractivity (Wildman–Crippen MR) is 64.8 cm³/mol. The number of halogens is 1. The molecule has 0 radical (unpaired) electrons. The van der Waals surface area contributed by atoms with Crippen LogP contribution < -0.4 is 0 Å². The predicted octanol–water partition coefficient (Wildman–Crippen LogP) is 3.28. The monoisotopic (exact) mass is 277 g/mol. The van der Waals surface area contributed by atoms with Crippen molar-refractivity contribution in [1.29, 1.82) is 5.26 Å². The maximum atomic E-state index is 12.0. The lowest BCUT2D eigenvalue weighted by atomic mass is 9.93. The van der Waals surface area contributed by atoms with Gasteiger partial charge in [0.15, 0.2) is 5.78 Å². The third-order valence-corrected chi connectivity index (χ3v) is 3.62. The molecule has 1 fully saturated rings. The molecule has 0 heterocycles. The highest BCUT2D eigenvalue weighted by atomic mass is 79.9. The number of ketones is 1. The van der Waals surface area contributed by atoms with E-state index in [2.05, 4.69) is 28.9 Å². The summed E-state index contributed by atoms with van der Waals surface area (Å²) in [6, 6.07) is 9.52. The molecule has 1 aliphatic rings. The third-order valence-electron chi connectivity index (χ3n) is 3.09. The number of Topliss-reactive ketones (excluding diaryl/α,β-unsaturated/α-hetero) is 1. The Morgan fingerprint density at radius 3 is 2.50 bits per heavy atom. The second kappa shape index (κ2) is 4.39. The fraction of sp³-hybridized carbons (Fsp3) is 0.385. The molecule has 3 unspecified atom stereocenters. The van der Waals surface area contributed by atoms with E-state index in [0.717, 1.165) is 16.5 Å². The molecule has 0 aliphatic heterocycles. The van der Waals surface area contributed by atoms with Crippen LogP contribution in [0.3, 0.4) is 0 Å². The minimum absolute atomic E-state index is 0.0809. The number of rotatable bonds is 3. The first-order valence-corrected chi connectivity index (χ1v) is 6.11. The summed E-state index contributed by atoms with van der Waals surface area (Å²) in [5.41, 5.74) is 0.801. The molecule has 1 aliphatic carbocycles. The van der Waals surface area contributed by atoms with Crippen LogP contribution in [0.5, 0.6) is 0 Å². The number of benzene rings is 1. The number of nitriles is 1. The van der Waals surface area contributed by atoms with Gasteiger partial charge in [-0.2, -0.15) is 5.26 Å². The van der Waals surface area contributed by atoms with Crippen molar-refractivity contribution in [3.63, 3.8) is 0 Å². The fourth-order valence-corrected chi connectivity index (χ4v) is 2.15. The number of carbonyl (C=O) groups is 1. The Morgan fingerprint density at radius 2 is 2.06 bits per heavy atom. The van der Waals surface area contributed by atoms with Gasteiger partial charge in [-0.05, 0) is 30.0 Å². The minimum Gasteiger partial charge on any atom is -0.298 e. The normalized spacial score (nSPS) is 24.6. The van der Waals surface area contributed by atoms with E-state index in [1.54, 1.807) is 0 Å². The van der Waals surface area contributed by atoms with Gasteiger partial charge in [-0.1, -0.05) is 35.0 Å². The number of nitrogens with zero attached hydrogens (tertiary/aromatic N) is 1. The van der Waals surface area contributed by atoms with Crippen LogP contribution in [0.4, 0.5) is 0 Å². The second-order valence-corrected chi connectivity index (χ2v) is 5.25. The van der Waals surface area contributed by atoms with E-state index in [9.17, 15) is 4.79 Å². The van der Waals surface area contributed by atoms with E-state index < -0.39 is 5.92 Å². The fourth-order valence-electron chi connectivity index (χ4n) is 1.89. The van der Waals surface area contributed by atoms with Crippen LogP contribution in [0.1, 0.15) is 24.8 Å². The van der Waals surface area contributed by atoms with E-state index in [-0.39, 0.29) is 11.7 Å². The van der Waals surface area contributed by atoms with Gasteiger partial charge in [0.25, 0.3) is 0 Å². The zero-order chi connectivity index (χ0) is 11.7. The Morgan fingerprint density at radius 1 is 1.50 bits per heavy atom. The molecule has 3 heteroatoms. The molecule has 0 N–H and O–H groups in total. The molecule has 0 aromatic heterocycles. The summed E-state index contributed by atoms with van der Waals surface area (Å²) in [6.45, 7) is 2.05. The molecule has 1 saturated carbocycles. The van der Waals surface area contributed by atoms with Gasteiger partial charge in [-0.25, -0.2) is 0 Å². The maximum Gasteiger partial charge on any atom is 0.157 e. The zero-order valence-electron chi connectivity index (χ0n) is 8.98. The summed E-state index contributed by atoms with van der Waals surface area (Å²) in [5, 5.41) is 9.10. The second-order valence-electron chi connectivity index (χ2n) is 4.34. The first-order chi connectivity index (χ1) is 7.63. The highest BCUT2D eigenvalue weighted by molar-refractivity contribution is 9.10. The van der Waals surface area contributed by atoms with Gasteiger partial charge in [0, 0.05) is 10.4 Å². The van der Waals surface area contributed by atoms with Gasteiger partial charge in [0.1, 0.15) is 5.92 Å². The molecular weight excluding hydrogens is 266 g/mol. The number of hydrogen-bond acceptors (Lipinski definition) is 2. The molecule has 0 bridgehead atoms. The molecule has 82 valence electrons. The highest BCUT2D eigenvalue weighted by Crippen LogP contribution is 2.41. The lowest BCUT2D eigenvalue weighted by Gasteiger charge is -2.07. The molecular formula is C13H12BrNO. The Labute approximate surface area is 103 Å². The Kier molecular flexibility index (Phi) is 3.11. The van der Waals surface area contributed by atoms with E-state index >= 15 is 0 Å². The number of carbonyl (C=O) groups excluding carboxylic acids is 1. The molecule has 0 spiro atoms. The Balaban J connectivity index is 2.20. The smallest absolute Gasteiger partial charge is 0.157 e. The summed E-state index contributed by atoms with van der Waals surface area (Å²) < 4.78 is 0.958. The summed E-state index contributed by atoms with van der Waals surface area (Å²) in [6.07, 6.45) is 0.938. The van der Waals surface area contributed by atoms with Gasteiger partial charge in [0.2, 0.25) is 0 Å². The van der Waals surface area contributed by atoms with Crippen LogP contribution in [0, 0.1) is 23.2 Å². The maximum absolute atomic E-state index is 12.0. The van der Waals surface area contributed by atoms with Crippen molar-refractivity contribution in [1.82, 2.24) is 0 Å². The van der Waals surface area contributed by atoms with Crippen LogP contribution in [0.15, 0.2) is 28.7 Å². The summed E-state index contributed by atoms with van der Waals surface area (Å²) >= 11 is 3.34. The average Bonchev–Trinajstić information content (AvgIpc) is 2.99. The summed E-state index contributed by atoms with van der Waals surface area (Å²) in [7, 11) is 0. The van der Waals surface area contributed by atoms with E-state index in [4.69, 9.17) is 5.26 Å². The zero-order valence-corrected chi connectivity index (χ0v) is 10.6. The molecule has 0 saturated heterocycles. The van der Waals surface area contributed by atoms with Crippen molar-refractivity contribution in [3.05, 3.63) is 34.3 Å². The van der Waals surface area contributed by atoms with Crippen LogP contribution in [-0.2, 0) is 4.79 Å². The van der Waals surface area contributed by atoms with Crippen LogP contribution in [0.25, 0.3) is 0 Å². The average molecular weight is 278 g/mol. The van der Waals surface area contributed by atoms with Crippen molar-refractivity contribution in [2.75, 3.05) is 0 Å². The lowest BCUT2D eigenvalue weighted by Crippen LogP contribution is -2.13. The molecule has 1 aromatic rings. The van der Waals surface area contributed by atoms with Crippen molar-refractivity contribution in [3.8, 4) is 6.07 Å². The highest BCUT2D eigenvalue weighted by Gasteiger charge is 2.42. The van der Waals surface area contributed by atoms with Gasteiger partial charge < -0.3 is 0 Å². The largest absolute Gasteiger partial charge is 0.298 e. The van der Waals surface area contributed by atoms with E-state index in [1.807, 2.05) is 24.3 Å². The lowest BCUT2D eigenvalue weighted by molar-refractivity contribution is -0.120. The topological polar surface area (TPSA) is 40.9 Å². The number of hydrogen-bond donors (Lipinski definition) is 0. The molecule has 2 nitrogen and oxygen atoms in total. The Hall–Kier alpha value is -1.14. The first-order valence-electron chi connectivity index (χ1n) is 5.32. The SMILES string of the molecule is CC1CC1C(=O)C(C#N)c1ccc(Br)cc1. The van der Waals surface area contributed by atoms with Gasteiger partial charge >= 0.3 is 0 Å². The minimum atomic E-state index is -0.594. The van der Waals surface area contributed by atoms with Crippen LogP contribution in [-0.4, -0.2) is 5.78 Å². The van der Waals surface area contributed by atoms with E-state index in [0.29, 0.717) is 5.92 Å². The summed E-state index contributed by atoms with van der Waals surface area (Å²) in [5.74, 6) is 0.0486. The first kappa shape index (κ1) is 11.3. The Bertz CT molecular complexity index is 446. The van der Waals surface area contributed by atoms with Crippen molar-refractivity contribution < 1.29 is 4.79 Å². The van der Waals surface area contributed by atoms with Crippen molar-refractivity contribution in [2.24, 2.45) is 11.8 Å². The molecule has 3 atom stereocenters. The van der Waals surface area contributed by atoms with Gasteiger partial charge in [0.05, 0.1) is 6.07 Å². The summed E-state index contributed by atoms with van der Waals surface area (Å²) in [4.78, 5) is 12.0. The van der Waals surface area contributed by atoms with Gasteiger partial charge in [-0.3, -0.25) is 4.79 Å². The van der Waals surface area contributed by atoms with Crippen LogP contribution >= 0.6 is 15.9 Å². The van der Waals surface area contributed by atoms with Crippen molar-refractivity contribution >= 4 is 21.7 Å². The van der Waals surface area contributed by atoms with Gasteiger partial charge in [-0.15, -0.1) is 0 Å². The van der Waals surface area contributed by atoms with Crippen molar-refractivity contribution in [2.45, 2.75) is 19.3 Å². The molecule has 2 rings (SSSR count). The van der Waals surface area contributed by atoms with Crippen LogP contribution in [0.2, 0.25) is 0 Å². The standard InChI is InChI=1S/C13H12BrNO/c1-8-6-11(8)13(16)12(7-15)9-2-4-10(14)5-3-9/h2-5,8,11-12H,6H2,1H3. The quantitative estimate of drug-likeness (QED) is 0.851. The molecule has 1 aromatic carbocycles.